The molecule has 1 aromatic rings. The third kappa shape index (κ3) is 2.26. The van der Waals surface area contributed by atoms with E-state index in [4.69, 9.17) is 5.11 Å². The van der Waals surface area contributed by atoms with Crippen LogP contribution < -0.4 is 5.32 Å². The predicted octanol–water partition coefficient (Wildman–Crippen LogP) is -0.832. The molecule has 17 heavy (non-hydrogen) atoms. The number of carboxylic acid groups (broad SMARTS) is 1. The van der Waals surface area contributed by atoms with Gasteiger partial charge in [-0.3, -0.25) is 14.6 Å². The highest BCUT2D eigenvalue weighted by molar-refractivity contribution is 7.11. The Labute approximate surface area is 100 Å². The number of nitrogens with zero attached hydrogens (tertiary/aromatic N) is 2. The van der Waals surface area contributed by atoms with Gasteiger partial charge in [0.05, 0.1) is 11.7 Å². The second-order valence-corrected chi connectivity index (χ2v) is 4.34. The van der Waals surface area contributed by atoms with Gasteiger partial charge in [0.1, 0.15) is 17.5 Å². The lowest BCUT2D eigenvalue weighted by atomic mass is 10.2. The van der Waals surface area contributed by atoms with Gasteiger partial charge in [0, 0.05) is 6.54 Å². The molecule has 8 heteroatoms. The Hall–Kier alpha value is -1.96. The Balaban J connectivity index is 2.23. The number of hydrogen-bond donors (Lipinski definition) is 2. The number of thiazole rings is 1. The van der Waals surface area contributed by atoms with Crippen molar-refractivity contribution in [1.82, 2.24) is 15.2 Å². The molecule has 2 heterocycles. The van der Waals surface area contributed by atoms with Crippen LogP contribution in [0.5, 0.6) is 0 Å². The highest BCUT2D eigenvalue weighted by Crippen LogP contribution is 2.14. The first kappa shape index (κ1) is 11.5. The van der Waals surface area contributed by atoms with Gasteiger partial charge >= 0.3 is 5.97 Å². The molecule has 1 unspecified atom stereocenters. The molecule has 1 aliphatic heterocycles. The SMILES string of the molecule is O=C1CN(C(=O)c2cncs2)C(C(=O)O)CN1. The largest absolute Gasteiger partial charge is 0.480 e. The molecule has 1 saturated heterocycles. The molecule has 0 aliphatic carbocycles. The molecular weight excluding hydrogens is 246 g/mol. The fourth-order valence-corrected chi connectivity index (χ4v) is 2.11. The zero-order valence-electron chi connectivity index (χ0n) is 8.62. The summed E-state index contributed by atoms with van der Waals surface area (Å²) in [7, 11) is 0. The summed E-state index contributed by atoms with van der Waals surface area (Å²) >= 11 is 1.11. The van der Waals surface area contributed by atoms with Crippen LogP contribution in [0, 0.1) is 0 Å². The molecule has 2 N–H and O–H groups in total. The molecule has 0 aromatic carbocycles. The van der Waals surface area contributed by atoms with Crippen molar-refractivity contribution in [3.8, 4) is 0 Å². The van der Waals surface area contributed by atoms with Gasteiger partial charge in [-0.25, -0.2) is 4.79 Å². The predicted molar refractivity (Wildman–Crippen MR) is 57.6 cm³/mol. The topological polar surface area (TPSA) is 99.6 Å². The van der Waals surface area contributed by atoms with E-state index >= 15 is 0 Å². The number of hydrogen-bond acceptors (Lipinski definition) is 5. The van der Waals surface area contributed by atoms with Gasteiger partial charge in [-0.2, -0.15) is 0 Å². The van der Waals surface area contributed by atoms with E-state index < -0.39 is 17.9 Å². The normalized spacial score (nSPS) is 19.9. The molecule has 0 radical (unpaired) electrons. The molecule has 90 valence electrons. The lowest BCUT2D eigenvalue weighted by Crippen LogP contribution is -2.59. The first-order valence-corrected chi connectivity index (χ1v) is 5.66. The first-order valence-electron chi connectivity index (χ1n) is 4.78. The lowest BCUT2D eigenvalue weighted by Gasteiger charge is -2.32. The fraction of sp³-hybridized carbons (Fsp3) is 0.333. The van der Waals surface area contributed by atoms with Crippen LogP contribution in [0.1, 0.15) is 9.67 Å². The molecule has 0 bridgehead atoms. The van der Waals surface area contributed by atoms with E-state index in [1.807, 2.05) is 0 Å². The van der Waals surface area contributed by atoms with Gasteiger partial charge in [-0.15, -0.1) is 11.3 Å². The van der Waals surface area contributed by atoms with E-state index in [1.165, 1.54) is 11.7 Å². The van der Waals surface area contributed by atoms with Crippen LogP contribution in [0.2, 0.25) is 0 Å². The monoisotopic (exact) mass is 255 g/mol. The van der Waals surface area contributed by atoms with Gasteiger partial charge in [-0.05, 0) is 0 Å². The van der Waals surface area contributed by atoms with Gasteiger partial charge in [-0.1, -0.05) is 0 Å². The van der Waals surface area contributed by atoms with Crippen LogP contribution in [-0.2, 0) is 9.59 Å². The summed E-state index contributed by atoms with van der Waals surface area (Å²) in [6, 6.07) is -1.03. The molecule has 0 spiro atoms. The summed E-state index contributed by atoms with van der Waals surface area (Å²) in [6.45, 7) is -0.313. The Morgan fingerprint density at radius 3 is 2.94 bits per heavy atom. The average Bonchev–Trinajstić information content (AvgIpc) is 2.80. The second kappa shape index (κ2) is 4.50. The van der Waals surface area contributed by atoms with Crippen molar-refractivity contribution in [2.24, 2.45) is 0 Å². The maximum atomic E-state index is 12.0. The van der Waals surface area contributed by atoms with Crippen molar-refractivity contribution < 1.29 is 19.5 Å². The van der Waals surface area contributed by atoms with E-state index in [2.05, 4.69) is 10.3 Å². The number of piperazine rings is 1. The van der Waals surface area contributed by atoms with E-state index in [-0.39, 0.29) is 19.0 Å². The van der Waals surface area contributed by atoms with Crippen molar-refractivity contribution in [3.63, 3.8) is 0 Å². The second-order valence-electron chi connectivity index (χ2n) is 3.46. The molecular formula is C9H9N3O4S. The molecule has 2 amide bonds. The number of aromatic nitrogens is 1. The summed E-state index contributed by atoms with van der Waals surface area (Å²) in [5, 5.41) is 11.4. The zero-order valence-corrected chi connectivity index (χ0v) is 9.44. The van der Waals surface area contributed by atoms with E-state index in [0.29, 0.717) is 4.88 Å². The lowest BCUT2D eigenvalue weighted by molar-refractivity contribution is -0.144. The van der Waals surface area contributed by atoms with Crippen LogP contribution in [0.15, 0.2) is 11.7 Å². The summed E-state index contributed by atoms with van der Waals surface area (Å²) in [5.74, 6) is -1.97. The van der Waals surface area contributed by atoms with Crippen molar-refractivity contribution in [2.45, 2.75) is 6.04 Å². The number of nitrogens with one attached hydrogen (secondary N) is 1. The van der Waals surface area contributed by atoms with Gasteiger partial charge < -0.3 is 15.3 Å². The average molecular weight is 255 g/mol. The highest BCUT2D eigenvalue weighted by atomic mass is 32.1. The van der Waals surface area contributed by atoms with Gasteiger partial charge in [0.2, 0.25) is 5.91 Å². The Kier molecular flexibility index (Phi) is 3.05. The molecule has 1 atom stereocenters. The maximum Gasteiger partial charge on any atom is 0.328 e. The number of rotatable bonds is 2. The van der Waals surface area contributed by atoms with Crippen LogP contribution in [0.25, 0.3) is 0 Å². The molecule has 7 nitrogen and oxygen atoms in total. The van der Waals surface area contributed by atoms with Crippen LogP contribution in [0.4, 0.5) is 0 Å². The number of carbonyl (C=O) groups excluding carboxylic acids is 2. The summed E-state index contributed by atoms with van der Waals surface area (Å²) in [5.41, 5.74) is 1.48. The Morgan fingerprint density at radius 1 is 1.59 bits per heavy atom. The molecule has 0 saturated carbocycles. The standard InChI is InChI=1S/C9H9N3O4S/c13-7-3-12(5(1-11-7)9(15)16)8(14)6-2-10-4-17-6/h2,4-5H,1,3H2,(H,11,13)(H,15,16). The Bertz CT molecular complexity index is 459. The third-order valence-corrected chi connectivity index (χ3v) is 3.13. The van der Waals surface area contributed by atoms with Crippen molar-refractivity contribution in [2.75, 3.05) is 13.1 Å². The van der Waals surface area contributed by atoms with E-state index in [9.17, 15) is 14.4 Å². The van der Waals surface area contributed by atoms with Crippen molar-refractivity contribution in [3.05, 3.63) is 16.6 Å². The molecule has 1 fully saturated rings. The Morgan fingerprint density at radius 2 is 2.35 bits per heavy atom. The van der Waals surface area contributed by atoms with E-state index in [0.717, 1.165) is 16.2 Å². The van der Waals surface area contributed by atoms with Gasteiger partial charge in [0.15, 0.2) is 0 Å². The minimum atomic E-state index is -1.14. The summed E-state index contributed by atoms with van der Waals surface area (Å²) in [4.78, 5) is 39.3. The third-order valence-electron chi connectivity index (χ3n) is 2.37. The van der Waals surface area contributed by atoms with Gasteiger partial charge in [0.25, 0.3) is 5.91 Å². The quantitative estimate of drug-likeness (QED) is 0.718. The van der Waals surface area contributed by atoms with Crippen LogP contribution >= 0.6 is 11.3 Å². The van der Waals surface area contributed by atoms with Crippen LogP contribution in [0.3, 0.4) is 0 Å². The number of carboxylic acids is 1. The van der Waals surface area contributed by atoms with E-state index in [1.54, 1.807) is 0 Å². The molecule has 1 aromatic heterocycles. The number of amides is 2. The first-order chi connectivity index (χ1) is 8.09. The molecule has 2 rings (SSSR count). The molecule has 1 aliphatic rings. The zero-order chi connectivity index (χ0) is 12.4. The minimum Gasteiger partial charge on any atom is -0.480 e. The van der Waals surface area contributed by atoms with Crippen LogP contribution in [-0.4, -0.2) is 51.9 Å². The summed E-state index contributed by atoms with van der Waals surface area (Å²) in [6.07, 6.45) is 1.36. The summed E-state index contributed by atoms with van der Waals surface area (Å²) < 4.78 is 0. The highest BCUT2D eigenvalue weighted by Gasteiger charge is 2.35. The number of aliphatic carboxylic acids is 1. The van der Waals surface area contributed by atoms with Crippen molar-refractivity contribution in [1.29, 1.82) is 0 Å². The van der Waals surface area contributed by atoms with Crippen molar-refractivity contribution >= 4 is 29.1 Å². The fourth-order valence-electron chi connectivity index (χ4n) is 1.54. The smallest absolute Gasteiger partial charge is 0.328 e. The minimum absolute atomic E-state index is 0.0707. The maximum absolute atomic E-state index is 12.0. The number of carbonyl (C=O) groups is 3.